The summed E-state index contributed by atoms with van der Waals surface area (Å²) in [5.41, 5.74) is 7.17. The lowest BCUT2D eigenvalue weighted by Crippen LogP contribution is -2.25. The standard InChI is InChI=1S/C13H17NO3/c1-8(13(14)16)7-17-12-4-2-3-9-10(12)5-6-11(9)15/h2-4,8,11,15H,5-7H2,1H3,(H2,14,16). The molecule has 4 heteroatoms. The molecule has 2 unspecified atom stereocenters. The third-order valence-electron chi connectivity index (χ3n) is 3.17. The molecule has 0 heterocycles. The molecule has 3 N–H and O–H groups in total. The van der Waals surface area contributed by atoms with Crippen LogP contribution in [0, 0.1) is 5.92 Å². The first-order valence-corrected chi connectivity index (χ1v) is 5.81. The van der Waals surface area contributed by atoms with E-state index in [-0.39, 0.29) is 24.5 Å². The van der Waals surface area contributed by atoms with Crippen LogP contribution in [0.1, 0.15) is 30.6 Å². The largest absolute Gasteiger partial charge is 0.492 e. The minimum atomic E-state index is -0.387. The quantitative estimate of drug-likeness (QED) is 0.822. The summed E-state index contributed by atoms with van der Waals surface area (Å²) in [5, 5.41) is 9.74. The number of aliphatic hydroxyl groups is 1. The van der Waals surface area contributed by atoms with Crippen molar-refractivity contribution in [3.8, 4) is 5.75 Å². The Hall–Kier alpha value is -1.55. The van der Waals surface area contributed by atoms with Crippen LogP contribution in [0.15, 0.2) is 18.2 Å². The van der Waals surface area contributed by atoms with Gasteiger partial charge in [-0.2, -0.15) is 0 Å². The summed E-state index contributed by atoms with van der Waals surface area (Å²) in [6.07, 6.45) is 1.17. The second kappa shape index (κ2) is 4.75. The van der Waals surface area contributed by atoms with Crippen molar-refractivity contribution in [2.45, 2.75) is 25.9 Å². The minimum absolute atomic E-state index is 0.280. The second-order valence-electron chi connectivity index (χ2n) is 4.49. The Morgan fingerprint density at radius 1 is 1.65 bits per heavy atom. The van der Waals surface area contributed by atoms with Crippen molar-refractivity contribution in [2.75, 3.05) is 6.61 Å². The second-order valence-corrected chi connectivity index (χ2v) is 4.49. The van der Waals surface area contributed by atoms with Gasteiger partial charge in [0.25, 0.3) is 0 Å². The Kier molecular flexibility index (Phi) is 3.33. The zero-order valence-corrected chi connectivity index (χ0v) is 9.85. The van der Waals surface area contributed by atoms with Crippen LogP contribution in [0.5, 0.6) is 5.75 Å². The van der Waals surface area contributed by atoms with Crippen molar-refractivity contribution in [3.63, 3.8) is 0 Å². The van der Waals surface area contributed by atoms with E-state index < -0.39 is 0 Å². The molecule has 1 aromatic rings. The fourth-order valence-corrected chi connectivity index (χ4v) is 2.03. The maximum absolute atomic E-state index is 10.9. The molecule has 17 heavy (non-hydrogen) atoms. The summed E-state index contributed by atoms with van der Waals surface area (Å²) in [4.78, 5) is 10.9. The molecule has 0 saturated carbocycles. The first kappa shape index (κ1) is 11.9. The number of carbonyl (C=O) groups is 1. The maximum atomic E-state index is 10.9. The van der Waals surface area contributed by atoms with Crippen LogP contribution in [-0.2, 0) is 11.2 Å². The first-order chi connectivity index (χ1) is 8.09. The number of aliphatic hydroxyl groups excluding tert-OH is 1. The van der Waals surface area contributed by atoms with Crippen molar-refractivity contribution in [3.05, 3.63) is 29.3 Å². The minimum Gasteiger partial charge on any atom is -0.492 e. The molecule has 1 aliphatic rings. The lowest BCUT2D eigenvalue weighted by molar-refractivity contribution is -0.122. The molecule has 0 radical (unpaired) electrons. The molecule has 0 saturated heterocycles. The lowest BCUT2D eigenvalue weighted by Gasteiger charge is -2.13. The first-order valence-electron chi connectivity index (χ1n) is 5.81. The van der Waals surface area contributed by atoms with Gasteiger partial charge in [-0.15, -0.1) is 0 Å². The summed E-state index contributed by atoms with van der Waals surface area (Å²) < 4.78 is 5.61. The molecule has 0 spiro atoms. The number of hydrogen-bond acceptors (Lipinski definition) is 3. The van der Waals surface area contributed by atoms with E-state index in [1.54, 1.807) is 6.92 Å². The van der Waals surface area contributed by atoms with Gasteiger partial charge < -0.3 is 15.6 Å². The van der Waals surface area contributed by atoms with Crippen LogP contribution < -0.4 is 10.5 Å². The molecule has 2 rings (SSSR count). The Bertz CT molecular complexity index is 431. The summed E-state index contributed by atoms with van der Waals surface area (Å²) in [7, 11) is 0. The molecule has 0 aliphatic heterocycles. The number of rotatable bonds is 4. The van der Waals surface area contributed by atoms with Gasteiger partial charge in [0.1, 0.15) is 5.75 Å². The molecule has 0 fully saturated rings. The van der Waals surface area contributed by atoms with E-state index in [4.69, 9.17) is 10.5 Å². The van der Waals surface area contributed by atoms with Gasteiger partial charge in [-0.1, -0.05) is 19.1 Å². The van der Waals surface area contributed by atoms with Crippen molar-refractivity contribution in [2.24, 2.45) is 11.7 Å². The number of benzene rings is 1. The molecular formula is C13H17NO3. The molecule has 4 nitrogen and oxygen atoms in total. The predicted molar refractivity (Wildman–Crippen MR) is 63.6 cm³/mol. The SMILES string of the molecule is CC(COc1cccc2c1CCC2O)C(N)=O. The van der Waals surface area contributed by atoms with Gasteiger partial charge in [-0.05, 0) is 24.5 Å². The van der Waals surface area contributed by atoms with E-state index in [1.165, 1.54) is 0 Å². The fourth-order valence-electron chi connectivity index (χ4n) is 2.03. The number of primary amides is 1. The van der Waals surface area contributed by atoms with Crippen molar-refractivity contribution >= 4 is 5.91 Å². The lowest BCUT2D eigenvalue weighted by atomic mass is 10.1. The highest BCUT2D eigenvalue weighted by atomic mass is 16.5. The Morgan fingerprint density at radius 2 is 2.41 bits per heavy atom. The van der Waals surface area contributed by atoms with E-state index in [2.05, 4.69) is 0 Å². The third-order valence-corrected chi connectivity index (χ3v) is 3.17. The van der Waals surface area contributed by atoms with Crippen LogP contribution in [0.3, 0.4) is 0 Å². The summed E-state index contributed by atoms with van der Waals surface area (Å²) in [6.45, 7) is 2.02. The molecule has 0 bridgehead atoms. The Morgan fingerprint density at radius 3 is 3.12 bits per heavy atom. The average molecular weight is 235 g/mol. The highest BCUT2D eigenvalue weighted by Crippen LogP contribution is 2.36. The average Bonchev–Trinajstić information content (AvgIpc) is 2.69. The topological polar surface area (TPSA) is 72.6 Å². The number of carbonyl (C=O) groups excluding carboxylic acids is 1. The van der Waals surface area contributed by atoms with Crippen LogP contribution in [0.4, 0.5) is 0 Å². The fraction of sp³-hybridized carbons (Fsp3) is 0.462. The number of nitrogens with two attached hydrogens (primary N) is 1. The Labute approximate surface area is 100 Å². The predicted octanol–water partition coefficient (Wildman–Crippen LogP) is 1.17. The van der Waals surface area contributed by atoms with Crippen molar-refractivity contribution in [1.29, 1.82) is 0 Å². The molecule has 92 valence electrons. The molecule has 0 aromatic heterocycles. The van der Waals surface area contributed by atoms with Crippen molar-refractivity contribution < 1.29 is 14.6 Å². The Balaban J connectivity index is 2.10. The number of hydrogen-bond donors (Lipinski definition) is 2. The molecule has 1 aromatic carbocycles. The monoisotopic (exact) mass is 235 g/mol. The normalized spacial score (nSPS) is 19.8. The van der Waals surface area contributed by atoms with E-state index in [9.17, 15) is 9.90 Å². The van der Waals surface area contributed by atoms with Gasteiger partial charge in [-0.3, -0.25) is 4.79 Å². The molecule has 1 amide bonds. The summed E-state index contributed by atoms with van der Waals surface area (Å²) >= 11 is 0. The molecular weight excluding hydrogens is 218 g/mol. The zero-order chi connectivity index (χ0) is 12.4. The zero-order valence-electron chi connectivity index (χ0n) is 9.85. The highest BCUT2D eigenvalue weighted by molar-refractivity contribution is 5.76. The molecule has 1 aliphatic carbocycles. The van der Waals surface area contributed by atoms with Gasteiger partial charge >= 0.3 is 0 Å². The van der Waals surface area contributed by atoms with E-state index in [1.807, 2.05) is 18.2 Å². The van der Waals surface area contributed by atoms with Gasteiger partial charge in [0.2, 0.25) is 5.91 Å². The van der Waals surface area contributed by atoms with Crippen LogP contribution in [0.2, 0.25) is 0 Å². The van der Waals surface area contributed by atoms with Gasteiger partial charge in [0, 0.05) is 5.56 Å². The van der Waals surface area contributed by atoms with Crippen LogP contribution >= 0.6 is 0 Å². The van der Waals surface area contributed by atoms with Gasteiger partial charge in [0.05, 0.1) is 18.6 Å². The summed E-state index contributed by atoms with van der Waals surface area (Å²) in [6, 6.07) is 5.64. The summed E-state index contributed by atoms with van der Waals surface area (Å²) in [5.74, 6) is 0.0851. The smallest absolute Gasteiger partial charge is 0.223 e. The van der Waals surface area contributed by atoms with Gasteiger partial charge in [0.15, 0.2) is 0 Å². The number of fused-ring (bicyclic) bond motifs is 1. The third kappa shape index (κ3) is 2.42. The number of amides is 1. The highest BCUT2D eigenvalue weighted by Gasteiger charge is 2.23. The van der Waals surface area contributed by atoms with Gasteiger partial charge in [-0.25, -0.2) is 0 Å². The number of ether oxygens (including phenoxy) is 1. The maximum Gasteiger partial charge on any atom is 0.223 e. The molecule has 2 atom stereocenters. The van der Waals surface area contributed by atoms with E-state index >= 15 is 0 Å². The van der Waals surface area contributed by atoms with E-state index in [0.717, 1.165) is 29.7 Å². The van der Waals surface area contributed by atoms with Crippen molar-refractivity contribution in [1.82, 2.24) is 0 Å². The van der Waals surface area contributed by atoms with Crippen LogP contribution in [-0.4, -0.2) is 17.6 Å². The van der Waals surface area contributed by atoms with Crippen LogP contribution in [0.25, 0.3) is 0 Å². The van der Waals surface area contributed by atoms with E-state index in [0.29, 0.717) is 0 Å².